The average molecular weight is 2180 g/mol. The Bertz CT molecular complexity index is 6960. The molecule has 20 aromatic rings. The number of H-pyrrole nitrogens is 2. The number of benzene rings is 18. The Labute approximate surface area is 904 Å². The fourth-order valence-electron chi connectivity index (χ4n) is 18.1. The molecule has 17 heteroatoms. The van der Waals surface area contributed by atoms with Crippen molar-refractivity contribution in [3.63, 3.8) is 0 Å². The van der Waals surface area contributed by atoms with Gasteiger partial charge in [0, 0.05) is 85.2 Å². The van der Waals surface area contributed by atoms with Crippen LogP contribution < -0.4 is 80.2 Å². The Morgan fingerprint density at radius 3 is 0.745 bits per heavy atom. The number of aryl methyl sites for hydroxylation is 4. The summed E-state index contributed by atoms with van der Waals surface area (Å²) in [7, 11) is -2.15. The second kappa shape index (κ2) is 52.4. The monoisotopic (exact) mass is 2180 g/mol. The van der Waals surface area contributed by atoms with Gasteiger partial charge in [-0.1, -0.05) is 467 Å². The van der Waals surface area contributed by atoms with Crippen LogP contribution in [0.3, 0.4) is 0 Å². The molecule has 0 unspecified atom stereocenters. The van der Waals surface area contributed by atoms with E-state index in [1.54, 1.807) is 12.4 Å². The Hall–Kier alpha value is -13.8. The second-order valence-corrected chi connectivity index (χ2v) is 47.5. The first kappa shape index (κ1) is 108. The molecule has 0 aliphatic carbocycles. The zero-order valence-corrected chi connectivity index (χ0v) is 91.7. The van der Waals surface area contributed by atoms with Crippen molar-refractivity contribution in [1.29, 1.82) is 0 Å². The van der Waals surface area contributed by atoms with E-state index < -0.39 is 31.7 Å². The van der Waals surface area contributed by atoms with Gasteiger partial charge in [-0.25, -0.2) is 0 Å². The van der Waals surface area contributed by atoms with Crippen molar-refractivity contribution in [1.82, 2.24) is 19.8 Å². The number of fused-ring (bicyclic) bond motifs is 4. The van der Waals surface area contributed by atoms with Gasteiger partial charge in [0.15, 0.2) is 0 Å². The van der Waals surface area contributed by atoms with Crippen molar-refractivity contribution >= 4 is 157 Å². The number of pyridine rings is 2. The Morgan fingerprint density at radius 2 is 0.497 bits per heavy atom. The van der Waals surface area contributed by atoms with E-state index in [1.807, 2.05) is 149 Å². The van der Waals surface area contributed by atoms with Crippen LogP contribution in [0.2, 0.25) is 0 Å². The largest absolute Gasteiger partial charge is 0.494 e. The van der Waals surface area contributed by atoms with E-state index in [-0.39, 0.29) is 61.7 Å². The molecule has 23 rings (SSSR count). The van der Waals surface area contributed by atoms with Crippen LogP contribution in [0.25, 0.3) is 32.7 Å². The molecule has 0 atom stereocenters. The van der Waals surface area contributed by atoms with Crippen molar-refractivity contribution in [3.05, 3.63) is 579 Å². The van der Waals surface area contributed by atoms with Gasteiger partial charge in [0.1, 0.15) is 0 Å². The number of aromatic amines is 2. The van der Waals surface area contributed by atoms with Crippen molar-refractivity contribution in [2.75, 3.05) is 0 Å². The third-order valence-electron chi connectivity index (χ3n) is 27.0. The van der Waals surface area contributed by atoms with Crippen LogP contribution in [0, 0.1) is 27.7 Å². The molecule has 3 aliphatic rings. The summed E-state index contributed by atoms with van der Waals surface area (Å²) in [6.07, 6.45) is 4.26. The molecule has 10 nitrogen and oxygen atoms in total. The predicted molar refractivity (Wildman–Crippen MR) is 633 cm³/mol. The molecule has 18 aromatic carbocycles. The Balaban J connectivity index is 0.000000125. The molecule has 2 amide bonds. The summed E-state index contributed by atoms with van der Waals surface area (Å²) in [4.78, 5) is 58.7. The van der Waals surface area contributed by atoms with Gasteiger partial charge < -0.3 is 29.1 Å². The smallest absolute Gasteiger partial charge is 0.399 e. The number of nitrogens with zero attached hydrogens (tertiary/aromatic N) is 2. The van der Waals surface area contributed by atoms with Crippen LogP contribution in [0.4, 0.5) is 0 Å². The van der Waals surface area contributed by atoms with Crippen molar-refractivity contribution in [3.8, 4) is 11.1 Å². The number of amides is 2. The number of aromatic nitrogens is 2. The van der Waals surface area contributed by atoms with Crippen LogP contribution >= 0.6 is 47.6 Å². The van der Waals surface area contributed by atoms with Gasteiger partial charge in [0.2, 0.25) is 11.8 Å². The number of carbonyl (C=O) groups excluding carboxylic acids is 2. The maximum absolute atomic E-state index is 12.8. The Kier molecular flexibility index (Phi) is 37.9. The summed E-state index contributed by atoms with van der Waals surface area (Å²) in [5.74, 6) is 0.305. The maximum Gasteiger partial charge on any atom is 0.494 e. The first-order valence-electron chi connectivity index (χ1n) is 50.1. The van der Waals surface area contributed by atoms with E-state index in [4.69, 9.17) is 9.31 Å². The standard InChI is InChI=1S/C27H24N2O2.C22H26BNO3.4C18H15P.C11H10BrNO.Pd/c1-17-11-23-24(12-18(17)2)27(31)28-14-25(23)20-9-7-19(8-10-20)13-26(30)29-15-21-5-3-4-6-22(21)16-29;1-21(2)22(3,4)27-23(26-21)19-11-9-16(10-12-19)13-20(25)24-14-17-7-5-6-8-18(17)15-24;4*1-4-10-16(11-5-1)19(17-12-6-2-7-13-17)18-14-8-3-9-15-18;1-6-3-8-9(4-7(6)2)11(14)13-5-10(8)12;/h3-12,14H,13,15-16H2,1-2H3,(H,28,31);5-12H,13-15H2,1-4H3;4*1-15H;3-5H,1-2H3,(H,13,14);. The van der Waals surface area contributed by atoms with E-state index >= 15 is 0 Å². The van der Waals surface area contributed by atoms with Gasteiger partial charge in [-0.05, 0) is 257 Å². The molecule has 0 spiro atoms. The van der Waals surface area contributed by atoms with Gasteiger partial charge in [-0.15, -0.1) is 0 Å². The normalized spacial score (nSPS) is 12.7. The van der Waals surface area contributed by atoms with Crippen molar-refractivity contribution in [2.24, 2.45) is 0 Å². The molecule has 0 bridgehead atoms. The summed E-state index contributed by atoms with van der Waals surface area (Å²) >= 11 is 3.42. The minimum atomic E-state index is -0.446. The number of nitrogens with one attached hydrogen (secondary N) is 2. The molecule has 1 saturated heterocycles. The first-order chi connectivity index (χ1) is 72.1. The number of carbonyl (C=O) groups is 2. The molecule has 2 aromatic heterocycles. The van der Waals surface area contributed by atoms with Crippen molar-refractivity contribution in [2.45, 2.75) is 106 Å². The minimum Gasteiger partial charge on any atom is -0.399 e. The van der Waals surface area contributed by atoms with Gasteiger partial charge >= 0.3 is 7.12 Å². The molecule has 149 heavy (non-hydrogen) atoms. The second-order valence-electron chi connectivity index (χ2n) is 37.7. The summed E-state index contributed by atoms with van der Waals surface area (Å²) in [5.41, 5.74) is 13.8. The first-order valence-corrected chi connectivity index (χ1v) is 56.2. The summed E-state index contributed by atoms with van der Waals surface area (Å²) in [6.45, 7) is 19.1. The molecule has 3 aliphatic heterocycles. The SMILES string of the molecule is CC1(C)OB(c2ccc(CC(=O)N3Cc4ccccc4C3)cc2)OC1(C)C.Cc1cc2c(-c3ccc(CC(=O)N4Cc5ccccc5C4)cc3)c[nH]c(=O)c2cc1C.Cc1cc2c(Br)c[nH]c(=O)c2cc1C.[Pd].c1ccc(P(c2ccccc2)c2ccccc2)cc1.c1ccc(P(c2ccccc2)c2ccccc2)cc1.c1ccc(P(c2ccccc2)c2ccccc2)cc1.c1ccc(P(c2ccccc2)c2ccccc2)cc1. The Morgan fingerprint density at radius 1 is 0.289 bits per heavy atom. The van der Waals surface area contributed by atoms with Crippen LogP contribution in [-0.2, 0) is 78.3 Å². The quantitative estimate of drug-likeness (QED) is 0.0651. The fourth-order valence-corrected chi connectivity index (χ4v) is 27.8. The van der Waals surface area contributed by atoms with E-state index in [0.29, 0.717) is 44.4 Å². The van der Waals surface area contributed by atoms with E-state index in [0.717, 1.165) is 65.0 Å². The molecule has 2 N–H and O–H groups in total. The summed E-state index contributed by atoms with van der Waals surface area (Å²) in [5, 5.41) is 20.1. The van der Waals surface area contributed by atoms with Gasteiger partial charge in [-0.2, -0.15) is 0 Å². The van der Waals surface area contributed by atoms with Crippen molar-refractivity contribution < 1.29 is 39.3 Å². The van der Waals surface area contributed by atoms with Gasteiger partial charge in [0.25, 0.3) is 11.1 Å². The molecular formula is C132H120BBrN4O6P4Pd. The minimum absolute atomic E-state index is 0. The van der Waals surface area contributed by atoms with E-state index in [2.05, 4.69) is 427 Å². The number of halogens is 1. The molecule has 744 valence electrons. The third-order valence-corrected chi connectivity index (χ3v) is 37.5. The van der Waals surface area contributed by atoms with Crippen LogP contribution in [0.1, 0.15) is 83.3 Å². The molecule has 0 radical (unpaired) electrons. The zero-order valence-electron chi connectivity index (χ0n) is 85.0. The summed E-state index contributed by atoms with van der Waals surface area (Å²) < 4.78 is 13.1. The topological polar surface area (TPSA) is 125 Å². The number of rotatable bonds is 18. The van der Waals surface area contributed by atoms with Crippen LogP contribution in [0.15, 0.2) is 512 Å². The molecule has 1 fully saturated rings. The average Bonchev–Trinajstić information content (AvgIpc) is 1.61. The third kappa shape index (κ3) is 28.0. The molecule has 5 heterocycles. The molecule has 0 saturated carbocycles. The summed E-state index contributed by atoms with van der Waals surface area (Å²) in [6, 6.07) is 170. The predicted octanol–water partition coefficient (Wildman–Crippen LogP) is 24.7. The fraction of sp³-hybridized carbons (Fsp3) is 0.121. The van der Waals surface area contributed by atoms with E-state index in [9.17, 15) is 19.2 Å². The number of hydrogen-bond donors (Lipinski definition) is 2. The van der Waals surface area contributed by atoms with Crippen LogP contribution in [0.5, 0.6) is 0 Å². The van der Waals surface area contributed by atoms with E-state index in [1.165, 1.54) is 91.5 Å². The van der Waals surface area contributed by atoms with Gasteiger partial charge in [0.05, 0.1) is 24.0 Å². The van der Waals surface area contributed by atoms with Gasteiger partial charge in [-0.3, -0.25) is 19.2 Å². The zero-order chi connectivity index (χ0) is 103. The number of hydrogen-bond acceptors (Lipinski definition) is 6. The maximum atomic E-state index is 12.8. The van der Waals surface area contributed by atoms with Crippen LogP contribution in [-0.4, -0.2) is 49.9 Å². The molecular weight excluding hydrogens is 2060 g/mol.